The topological polar surface area (TPSA) is 69.7 Å². The van der Waals surface area contributed by atoms with Crippen LogP contribution in [-0.2, 0) is 10.0 Å². The van der Waals surface area contributed by atoms with Crippen molar-refractivity contribution in [2.24, 2.45) is 0 Å². The average molecular weight is 444 g/mol. The quantitative estimate of drug-likeness (QED) is 0.720. The molecule has 2 rings (SSSR count). The van der Waals surface area contributed by atoms with Crippen LogP contribution in [0, 0.1) is 0 Å². The molecule has 0 radical (unpaired) electrons. The lowest BCUT2D eigenvalue weighted by molar-refractivity contribution is 0.102. The molecule has 0 aromatic heterocycles. The van der Waals surface area contributed by atoms with Gasteiger partial charge in [-0.3, -0.25) is 4.79 Å². The van der Waals surface area contributed by atoms with Crippen molar-refractivity contribution in [1.82, 2.24) is 4.31 Å². The maximum Gasteiger partial charge on any atom is 0.257 e. The maximum atomic E-state index is 12.8. The fourth-order valence-corrected chi connectivity index (χ4v) is 4.24. The molecule has 28 heavy (non-hydrogen) atoms. The number of nitrogens with zero attached hydrogens (tertiary/aromatic N) is 2. The lowest BCUT2D eigenvalue weighted by atomic mass is 10.2. The first-order valence-electron chi connectivity index (χ1n) is 8.51. The summed E-state index contributed by atoms with van der Waals surface area (Å²) in [6.07, 6.45) is 0. The molecule has 0 unspecified atom stereocenters. The van der Waals surface area contributed by atoms with Crippen molar-refractivity contribution in [2.45, 2.75) is 24.8 Å². The monoisotopic (exact) mass is 443 g/mol. The molecule has 0 saturated carbocycles. The van der Waals surface area contributed by atoms with Crippen LogP contribution in [0.25, 0.3) is 0 Å². The fourth-order valence-electron chi connectivity index (χ4n) is 2.47. The van der Waals surface area contributed by atoms with E-state index in [1.165, 1.54) is 29.6 Å². The highest BCUT2D eigenvalue weighted by molar-refractivity contribution is 7.89. The summed E-state index contributed by atoms with van der Waals surface area (Å²) in [6, 6.07) is 8.96. The number of hydrogen-bond donors (Lipinski definition) is 1. The molecule has 0 spiro atoms. The second-order valence-electron chi connectivity index (χ2n) is 6.77. The van der Waals surface area contributed by atoms with Crippen LogP contribution < -0.4 is 10.2 Å². The van der Waals surface area contributed by atoms with Crippen LogP contribution in [0.4, 0.5) is 11.4 Å². The summed E-state index contributed by atoms with van der Waals surface area (Å²) in [6.45, 7) is 3.53. The van der Waals surface area contributed by atoms with Gasteiger partial charge in [0.15, 0.2) is 0 Å². The molecule has 0 aliphatic rings. The first kappa shape index (κ1) is 22.5. The number of benzene rings is 2. The molecule has 0 bridgehead atoms. The first-order valence-corrected chi connectivity index (χ1v) is 10.7. The van der Waals surface area contributed by atoms with Crippen LogP contribution in [0.3, 0.4) is 0 Å². The number of hydrogen-bond acceptors (Lipinski definition) is 4. The minimum Gasteiger partial charge on any atom is -0.376 e. The Morgan fingerprint density at radius 3 is 2.25 bits per heavy atom. The van der Waals surface area contributed by atoms with Crippen molar-refractivity contribution in [2.75, 3.05) is 31.4 Å². The van der Waals surface area contributed by atoms with Crippen LogP contribution in [-0.4, -0.2) is 45.8 Å². The minimum atomic E-state index is -3.75. The van der Waals surface area contributed by atoms with Gasteiger partial charge in [-0.2, -0.15) is 4.31 Å². The summed E-state index contributed by atoms with van der Waals surface area (Å²) in [4.78, 5) is 14.7. The Labute approximate surface area is 176 Å². The maximum absolute atomic E-state index is 12.8. The van der Waals surface area contributed by atoms with E-state index in [9.17, 15) is 13.2 Å². The van der Waals surface area contributed by atoms with E-state index in [4.69, 9.17) is 23.2 Å². The van der Waals surface area contributed by atoms with E-state index in [0.717, 1.165) is 5.69 Å². The Bertz CT molecular complexity index is 992. The van der Waals surface area contributed by atoms with Crippen LogP contribution in [0.5, 0.6) is 0 Å². The predicted octanol–water partition coefficient (Wildman–Crippen LogP) is 4.34. The van der Waals surface area contributed by atoms with Gasteiger partial charge in [0.05, 0.1) is 26.9 Å². The zero-order chi connectivity index (χ0) is 21.2. The Hall–Kier alpha value is -1.80. The second-order valence-corrected chi connectivity index (χ2v) is 9.61. The third kappa shape index (κ3) is 4.78. The minimum absolute atomic E-state index is 0.00261. The molecule has 2 aromatic carbocycles. The summed E-state index contributed by atoms with van der Waals surface area (Å²) >= 11 is 12.2. The molecular weight excluding hydrogens is 421 g/mol. The van der Waals surface area contributed by atoms with Crippen LogP contribution in [0.15, 0.2) is 41.3 Å². The first-order chi connectivity index (χ1) is 12.9. The Kier molecular flexibility index (Phi) is 6.98. The normalized spacial score (nSPS) is 11.8. The van der Waals surface area contributed by atoms with E-state index in [1.54, 1.807) is 32.0 Å². The molecule has 1 N–H and O–H groups in total. The fraction of sp³-hybridized carbons (Fsp3) is 0.316. The third-order valence-corrected chi connectivity index (χ3v) is 6.87. The van der Waals surface area contributed by atoms with Crippen molar-refractivity contribution in [3.63, 3.8) is 0 Å². The zero-order valence-electron chi connectivity index (χ0n) is 16.3. The highest BCUT2D eigenvalue weighted by Crippen LogP contribution is 2.30. The molecule has 0 aliphatic carbocycles. The van der Waals surface area contributed by atoms with Gasteiger partial charge in [0.2, 0.25) is 10.0 Å². The van der Waals surface area contributed by atoms with E-state index in [-0.39, 0.29) is 21.5 Å². The zero-order valence-corrected chi connectivity index (χ0v) is 18.7. The van der Waals surface area contributed by atoms with Gasteiger partial charge < -0.3 is 10.2 Å². The predicted molar refractivity (Wildman–Crippen MR) is 115 cm³/mol. The number of nitrogens with one attached hydrogen (secondary N) is 1. The Morgan fingerprint density at radius 2 is 1.68 bits per heavy atom. The number of halogens is 2. The van der Waals surface area contributed by atoms with Gasteiger partial charge in [-0.05, 0) is 50.2 Å². The summed E-state index contributed by atoms with van der Waals surface area (Å²) < 4.78 is 26.7. The summed E-state index contributed by atoms with van der Waals surface area (Å²) in [5.74, 6) is -0.528. The van der Waals surface area contributed by atoms with E-state index in [1.807, 2.05) is 19.0 Å². The van der Waals surface area contributed by atoms with E-state index in [2.05, 4.69) is 5.32 Å². The molecular formula is C19H23Cl2N3O3S. The van der Waals surface area contributed by atoms with Crippen molar-refractivity contribution in [3.05, 3.63) is 52.0 Å². The van der Waals surface area contributed by atoms with Gasteiger partial charge in [0.1, 0.15) is 0 Å². The molecule has 9 heteroatoms. The van der Waals surface area contributed by atoms with Gasteiger partial charge in [-0.15, -0.1) is 0 Å². The number of carbonyl (C=O) groups excluding carboxylic acids is 1. The van der Waals surface area contributed by atoms with Crippen LogP contribution in [0.1, 0.15) is 24.2 Å². The lowest BCUT2D eigenvalue weighted by Crippen LogP contribution is -2.33. The SMILES string of the molecule is CC(C)N(C)S(=O)(=O)c1ccc(Cl)c(C(=O)Nc2cc(Cl)ccc2N(C)C)c1. The van der Waals surface area contributed by atoms with Gasteiger partial charge in [-0.1, -0.05) is 23.2 Å². The van der Waals surface area contributed by atoms with Crippen molar-refractivity contribution in [1.29, 1.82) is 0 Å². The standard InChI is InChI=1S/C19H23Cl2N3O3S/c1-12(2)24(5)28(26,27)14-7-8-16(21)15(11-14)19(25)22-17-10-13(20)6-9-18(17)23(3)4/h6-12H,1-5H3,(H,22,25). The molecule has 1 amide bonds. The number of sulfonamides is 1. The summed E-state index contributed by atoms with van der Waals surface area (Å²) in [5.41, 5.74) is 1.30. The average Bonchev–Trinajstić information content (AvgIpc) is 2.60. The molecule has 2 aromatic rings. The third-order valence-electron chi connectivity index (χ3n) is 4.28. The Morgan fingerprint density at radius 1 is 1.04 bits per heavy atom. The van der Waals surface area contributed by atoms with Crippen molar-refractivity contribution >= 4 is 50.5 Å². The van der Waals surface area contributed by atoms with Crippen molar-refractivity contribution in [3.8, 4) is 0 Å². The molecule has 6 nitrogen and oxygen atoms in total. The van der Waals surface area contributed by atoms with Gasteiger partial charge in [0, 0.05) is 32.2 Å². The van der Waals surface area contributed by atoms with Crippen molar-refractivity contribution < 1.29 is 13.2 Å². The smallest absolute Gasteiger partial charge is 0.257 e. The van der Waals surface area contributed by atoms with E-state index in [0.29, 0.717) is 10.7 Å². The molecule has 0 aliphatic heterocycles. The molecule has 0 atom stereocenters. The highest BCUT2D eigenvalue weighted by atomic mass is 35.5. The van der Waals surface area contributed by atoms with Crippen LogP contribution in [0.2, 0.25) is 10.0 Å². The Balaban J connectivity index is 2.44. The van der Waals surface area contributed by atoms with Gasteiger partial charge >= 0.3 is 0 Å². The number of carbonyl (C=O) groups is 1. The van der Waals surface area contributed by atoms with Crippen LogP contribution >= 0.6 is 23.2 Å². The van der Waals surface area contributed by atoms with Gasteiger partial charge in [0.25, 0.3) is 5.91 Å². The second kappa shape index (κ2) is 8.69. The summed E-state index contributed by atoms with van der Waals surface area (Å²) in [7, 11) is 1.41. The summed E-state index contributed by atoms with van der Waals surface area (Å²) in [5, 5.41) is 3.37. The van der Waals surface area contributed by atoms with E-state index < -0.39 is 15.9 Å². The highest BCUT2D eigenvalue weighted by Gasteiger charge is 2.25. The molecule has 0 heterocycles. The molecule has 0 fully saturated rings. The molecule has 152 valence electrons. The largest absolute Gasteiger partial charge is 0.376 e. The molecule has 0 saturated heterocycles. The number of amides is 1. The lowest BCUT2D eigenvalue weighted by Gasteiger charge is -2.21. The number of anilines is 2. The van der Waals surface area contributed by atoms with Gasteiger partial charge in [-0.25, -0.2) is 8.42 Å². The number of rotatable bonds is 6. The van der Waals surface area contributed by atoms with E-state index >= 15 is 0 Å².